The van der Waals surface area contributed by atoms with E-state index < -0.39 is 0 Å². The molecular formula is C19H32N4OS. The van der Waals surface area contributed by atoms with Crippen molar-refractivity contribution in [2.24, 2.45) is 5.92 Å². The molecule has 0 saturated heterocycles. The molecule has 1 N–H and O–H groups in total. The van der Waals surface area contributed by atoms with E-state index in [9.17, 15) is 4.79 Å². The van der Waals surface area contributed by atoms with Gasteiger partial charge >= 0.3 is 0 Å². The Bertz CT molecular complexity index is 562. The highest BCUT2D eigenvalue weighted by Crippen LogP contribution is 2.33. The molecule has 1 unspecified atom stereocenters. The predicted molar refractivity (Wildman–Crippen MR) is 102 cm³/mol. The maximum atomic E-state index is 12.5. The molecule has 2 fully saturated rings. The third-order valence-corrected chi connectivity index (χ3v) is 6.77. The minimum Gasteiger partial charge on any atom is -0.355 e. The van der Waals surface area contributed by atoms with Gasteiger partial charge < -0.3 is 9.88 Å². The minimum atomic E-state index is -0.130. The van der Waals surface area contributed by atoms with Gasteiger partial charge in [-0.1, -0.05) is 50.3 Å². The Labute approximate surface area is 155 Å². The van der Waals surface area contributed by atoms with E-state index in [4.69, 9.17) is 0 Å². The Morgan fingerprint density at radius 2 is 1.76 bits per heavy atom. The summed E-state index contributed by atoms with van der Waals surface area (Å²) in [5.41, 5.74) is 0. The number of nitrogens with zero attached hydrogens (tertiary/aromatic N) is 3. The standard InChI is InChI=1S/C19H32N4OS/c1-14(18(24)20-13-16-9-5-3-6-10-16)25-19-22-21-15(2)23(19)17-11-7-4-8-12-17/h14,16-17H,3-13H2,1-2H3,(H,20,24). The van der Waals surface area contributed by atoms with Crippen LogP contribution in [0.2, 0.25) is 0 Å². The topological polar surface area (TPSA) is 59.8 Å². The maximum Gasteiger partial charge on any atom is 0.233 e. The van der Waals surface area contributed by atoms with Gasteiger partial charge in [0.2, 0.25) is 5.91 Å². The first kappa shape index (κ1) is 18.7. The highest BCUT2D eigenvalue weighted by Gasteiger charge is 2.25. The van der Waals surface area contributed by atoms with Crippen molar-refractivity contribution in [2.45, 2.75) is 94.5 Å². The molecule has 140 valence electrons. The molecule has 5 nitrogen and oxygen atoms in total. The maximum absolute atomic E-state index is 12.5. The first-order chi connectivity index (χ1) is 12.1. The van der Waals surface area contributed by atoms with E-state index in [0.29, 0.717) is 12.0 Å². The van der Waals surface area contributed by atoms with E-state index in [-0.39, 0.29) is 11.2 Å². The Hall–Kier alpha value is -1.04. The van der Waals surface area contributed by atoms with E-state index in [1.807, 2.05) is 13.8 Å². The van der Waals surface area contributed by atoms with Gasteiger partial charge in [0.15, 0.2) is 5.16 Å². The SMILES string of the molecule is Cc1nnc(SC(C)C(=O)NCC2CCCCC2)n1C1CCCCC1. The zero-order valence-electron chi connectivity index (χ0n) is 15.7. The molecule has 6 heteroatoms. The smallest absolute Gasteiger partial charge is 0.233 e. The molecule has 0 radical (unpaired) electrons. The molecule has 2 aliphatic rings. The van der Waals surface area contributed by atoms with Crippen LogP contribution in [-0.2, 0) is 4.79 Å². The van der Waals surface area contributed by atoms with Crippen molar-refractivity contribution in [3.05, 3.63) is 5.82 Å². The number of rotatable bonds is 6. The van der Waals surface area contributed by atoms with Crippen LogP contribution in [0.15, 0.2) is 5.16 Å². The number of thioether (sulfide) groups is 1. The average Bonchev–Trinajstić information content (AvgIpc) is 3.01. The summed E-state index contributed by atoms with van der Waals surface area (Å²) in [6.07, 6.45) is 12.8. The molecule has 0 aromatic carbocycles. The zero-order chi connectivity index (χ0) is 17.6. The number of hydrogen-bond acceptors (Lipinski definition) is 4. The van der Waals surface area contributed by atoms with E-state index in [1.165, 1.54) is 64.2 Å². The molecule has 1 heterocycles. The second kappa shape index (κ2) is 9.06. The van der Waals surface area contributed by atoms with Gasteiger partial charge in [-0.15, -0.1) is 10.2 Å². The number of amides is 1. The molecule has 0 aliphatic heterocycles. The van der Waals surface area contributed by atoms with E-state index in [1.54, 1.807) is 11.8 Å². The highest BCUT2D eigenvalue weighted by atomic mass is 32.2. The van der Waals surface area contributed by atoms with E-state index in [0.717, 1.165) is 17.5 Å². The molecule has 1 atom stereocenters. The fourth-order valence-corrected chi connectivity index (χ4v) is 5.17. The van der Waals surface area contributed by atoms with Crippen molar-refractivity contribution in [1.82, 2.24) is 20.1 Å². The minimum absolute atomic E-state index is 0.130. The lowest BCUT2D eigenvalue weighted by Gasteiger charge is -2.25. The average molecular weight is 365 g/mol. The van der Waals surface area contributed by atoms with Gasteiger partial charge in [0, 0.05) is 12.6 Å². The number of hydrogen-bond donors (Lipinski definition) is 1. The Kier molecular flexibility index (Phi) is 6.79. The lowest BCUT2D eigenvalue weighted by Crippen LogP contribution is -2.35. The Morgan fingerprint density at radius 3 is 2.44 bits per heavy atom. The predicted octanol–water partition coefficient (Wildman–Crippen LogP) is 4.27. The van der Waals surface area contributed by atoms with E-state index >= 15 is 0 Å². The highest BCUT2D eigenvalue weighted by molar-refractivity contribution is 8.00. The largest absolute Gasteiger partial charge is 0.355 e. The van der Waals surface area contributed by atoms with Crippen LogP contribution in [0.1, 0.15) is 83.0 Å². The van der Waals surface area contributed by atoms with Crippen molar-refractivity contribution in [1.29, 1.82) is 0 Å². The summed E-state index contributed by atoms with van der Waals surface area (Å²) in [4.78, 5) is 12.5. The molecule has 1 aromatic rings. The van der Waals surface area contributed by atoms with Crippen molar-refractivity contribution in [3.63, 3.8) is 0 Å². The zero-order valence-corrected chi connectivity index (χ0v) is 16.5. The second-order valence-corrected chi connectivity index (χ2v) is 9.01. The van der Waals surface area contributed by atoms with Gasteiger partial charge in [-0.2, -0.15) is 0 Å². The Morgan fingerprint density at radius 1 is 1.12 bits per heavy atom. The normalized spacial score (nSPS) is 21.2. The van der Waals surface area contributed by atoms with Crippen LogP contribution in [0.25, 0.3) is 0 Å². The van der Waals surface area contributed by atoms with Crippen LogP contribution in [0, 0.1) is 12.8 Å². The third-order valence-electron chi connectivity index (χ3n) is 5.72. The molecule has 2 saturated carbocycles. The number of aryl methyl sites for hydroxylation is 1. The monoisotopic (exact) mass is 364 g/mol. The van der Waals surface area contributed by atoms with Crippen molar-refractivity contribution < 1.29 is 4.79 Å². The Balaban J connectivity index is 1.55. The second-order valence-electron chi connectivity index (χ2n) is 7.70. The number of nitrogens with one attached hydrogen (secondary N) is 1. The van der Waals surface area contributed by atoms with Gasteiger partial charge in [-0.05, 0) is 45.4 Å². The third kappa shape index (κ3) is 4.99. The number of aromatic nitrogens is 3. The van der Waals surface area contributed by atoms with Gasteiger partial charge in [0.05, 0.1) is 5.25 Å². The molecule has 1 amide bonds. The molecule has 1 aromatic heterocycles. The summed E-state index contributed by atoms with van der Waals surface area (Å²) in [6.45, 7) is 4.84. The lowest BCUT2D eigenvalue weighted by molar-refractivity contribution is -0.120. The summed E-state index contributed by atoms with van der Waals surface area (Å²) < 4.78 is 2.27. The van der Waals surface area contributed by atoms with Gasteiger partial charge in [-0.25, -0.2) is 0 Å². The number of carbonyl (C=O) groups excluding carboxylic acids is 1. The van der Waals surface area contributed by atoms with Crippen molar-refractivity contribution in [2.75, 3.05) is 6.54 Å². The molecule has 0 spiro atoms. The van der Waals surface area contributed by atoms with Crippen LogP contribution in [0.5, 0.6) is 0 Å². The van der Waals surface area contributed by atoms with Crippen LogP contribution in [-0.4, -0.2) is 32.5 Å². The van der Waals surface area contributed by atoms with Crippen molar-refractivity contribution >= 4 is 17.7 Å². The van der Waals surface area contributed by atoms with Gasteiger partial charge in [-0.3, -0.25) is 4.79 Å². The molecular weight excluding hydrogens is 332 g/mol. The fraction of sp³-hybridized carbons (Fsp3) is 0.842. The summed E-state index contributed by atoms with van der Waals surface area (Å²) in [5, 5.41) is 12.6. The number of carbonyl (C=O) groups is 1. The summed E-state index contributed by atoms with van der Waals surface area (Å²) in [6, 6.07) is 0.503. The van der Waals surface area contributed by atoms with Crippen LogP contribution >= 0.6 is 11.8 Å². The quantitative estimate of drug-likeness (QED) is 0.766. The van der Waals surface area contributed by atoms with Gasteiger partial charge in [0.25, 0.3) is 0 Å². The molecule has 2 aliphatic carbocycles. The molecule has 3 rings (SSSR count). The van der Waals surface area contributed by atoms with E-state index in [2.05, 4.69) is 20.1 Å². The summed E-state index contributed by atoms with van der Waals surface area (Å²) in [5.74, 6) is 1.78. The molecule has 0 bridgehead atoms. The fourth-order valence-electron chi connectivity index (χ4n) is 4.18. The molecule has 25 heavy (non-hydrogen) atoms. The first-order valence-corrected chi connectivity index (χ1v) is 10.9. The lowest BCUT2D eigenvalue weighted by atomic mass is 9.89. The van der Waals surface area contributed by atoms with Gasteiger partial charge in [0.1, 0.15) is 5.82 Å². The van der Waals surface area contributed by atoms with Crippen LogP contribution in [0.4, 0.5) is 0 Å². The summed E-state index contributed by atoms with van der Waals surface area (Å²) in [7, 11) is 0. The van der Waals surface area contributed by atoms with Crippen molar-refractivity contribution in [3.8, 4) is 0 Å². The van der Waals surface area contributed by atoms with Crippen LogP contribution < -0.4 is 5.32 Å². The first-order valence-electron chi connectivity index (χ1n) is 10.0. The summed E-state index contributed by atoms with van der Waals surface area (Å²) >= 11 is 1.56. The van der Waals surface area contributed by atoms with Crippen LogP contribution in [0.3, 0.4) is 0 Å².